The van der Waals surface area contributed by atoms with Gasteiger partial charge in [-0.05, 0) is 80.8 Å². The van der Waals surface area contributed by atoms with E-state index in [1.807, 2.05) is 6.92 Å². The Hall–Kier alpha value is -1.93. The molecule has 0 heterocycles. The maximum atomic E-state index is 12.4. The second-order valence-corrected chi connectivity index (χ2v) is 11.4. The Kier molecular flexibility index (Phi) is 5.90. The van der Waals surface area contributed by atoms with Crippen LogP contribution in [-0.2, 0) is 19.6 Å². The molecule has 4 saturated carbocycles. The van der Waals surface area contributed by atoms with Gasteiger partial charge in [-0.3, -0.25) is 20.4 Å². The summed E-state index contributed by atoms with van der Waals surface area (Å²) in [6, 6.07) is 6.51. The van der Waals surface area contributed by atoms with Gasteiger partial charge in [0.05, 0.1) is 4.90 Å². The minimum atomic E-state index is -3.65. The number of carbonyl (C=O) groups is 2. The molecule has 4 fully saturated rings. The van der Waals surface area contributed by atoms with Crippen molar-refractivity contribution in [3.8, 4) is 0 Å². The van der Waals surface area contributed by atoms with Crippen LogP contribution in [0.25, 0.3) is 0 Å². The van der Waals surface area contributed by atoms with Gasteiger partial charge in [0.2, 0.25) is 21.8 Å². The molecule has 5 rings (SSSR count). The molecule has 1 aromatic rings. The van der Waals surface area contributed by atoms with Gasteiger partial charge in [-0.1, -0.05) is 17.7 Å². The minimum absolute atomic E-state index is 0.0348. The molecule has 8 heteroatoms. The number of hydrazine groups is 1. The highest BCUT2D eigenvalue weighted by atomic mass is 32.2. The molecule has 0 unspecified atom stereocenters. The van der Waals surface area contributed by atoms with Crippen molar-refractivity contribution in [3.63, 3.8) is 0 Å². The topological polar surface area (TPSA) is 104 Å². The van der Waals surface area contributed by atoms with E-state index in [0.717, 1.165) is 42.6 Å². The summed E-state index contributed by atoms with van der Waals surface area (Å²) in [5.74, 6) is 1.77. The third-order valence-electron chi connectivity index (χ3n) is 7.02. The van der Waals surface area contributed by atoms with Crippen molar-refractivity contribution >= 4 is 21.8 Å². The molecule has 7 nitrogen and oxygen atoms in total. The summed E-state index contributed by atoms with van der Waals surface area (Å²) in [5, 5.41) is 0. The molecule has 164 valence electrons. The van der Waals surface area contributed by atoms with E-state index in [9.17, 15) is 18.0 Å². The van der Waals surface area contributed by atoms with E-state index >= 15 is 0 Å². The van der Waals surface area contributed by atoms with E-state index in [1.54, 1.807) is 12.1 Å². The lowest BCUT2D eigenvalue weighted by atomic mass is 9.49. The quantitative estimate of drug-likeness (QED) is 0.575. The summed E-state index contributed by atoms with van der Waals surface area (Å²) in [5.41, 5.74) is 6.04. The summed E-state index contributed by atoms with van der Waals surface area (Å²) in [4.78, 5) is 24.6. The molecule has 0 spiro atoms. The van der Waals surface area contributed by atoms with Crippen LogP contribution in [0.4, 0.5) is 0 Å². The van der Waals surface area contributed by atoms with E-state index in [-0.39, 0.29) is 29.2 Å². The fraction of sp³-hybridized carbons (Fsp3) is 0.636. The summed E-state index contributed by atoms with van der Waals surface area (Å²) >= 11 is 0. The summed E-state index contributed by atoms with van der Waals surface area (Å²) in [6.07, 6.45) is 7.82. The first-order valence-corrected chi connectivity index (χ1v) is 12.4. The number of amides is 2. The Labute approximate surface area is 178 Å². The number of hydrogen-bond donors (Lipinski definition) is 3. The van der Waals surface area contributed by atoms with Crippen LogP contribution in [0.5, 0.6) is 0 Å². The van der Waals surface area contributed by atoms with Gasteiger partial charge in [0.25, 0.3) is 0 Å². The van der Waals surface area contributed by atoms with Gasteiger partial charge in [0, 0.05) is 19.4 Å². The standard InChI is InChI=1S/C22H31N3O4S/c1-15-2-4-19(5-3-15)30(28,29)23-7-6-20(26)24-25-21(27)14-22-11-16-8-17(12-22)10-18(9-16)13-22/h2-5,16-18,23H,6-14H2,1H3,(H,24,26)(H,25,27). The molecule has 0 aromatic heterocycles. The van der Waals surface area contributed by atoms with E-state index < -0.39 is 15.9 Å². The van der Waals surface area contributed by atoms with Gasteiger partial charge in [0.1, 0.15) is 0 Å². The van der Waals surface area contributed by atoms with Crippen molar-refractivity contribution in [2.24, 2.45) is 23.2 Å². The van der Waals surface area contributed by atoms with Crippen LogP contribution in [0.3, 0.4) is 0 Å². The number of hydrogen-bond acceptors (Lipinski definition) is 4. The van der Waals surface area contributed by atoms with Crippen LogP contribution in [-0.4, -0.2) is 26.8 Å². The zero-order chi connectivity index (χ0) is 21.4. The maximum Gasteiger partial charge on any atom is 0.240 e. The Morgan fingerprint density at radius 2 is 1.47 bits per heavy atom. The second-order valence-electron chi connectivity index (χ2n) is 9.65. The van der Waals surface area contributed by atoms with Crippen LogP contribution < -0.4 is 15.6 Å². The highest BCUT2D eigenvalue weighted by molar-refractivity contribution is 7.89. The van der Waals surface area contributed by atoms with Crippen molar-refractivity contribution in [2.45, 2.75) is 63.2 Å². The highest BCUT2D eigenvalue weighted by Crippen LogP contribution is 2.61. The largest absolute Gasteiger partial charge is 0.273 e. The van der Waals surface area contributed by atoms with Crippen LogP contribution >= 0.6 is 0 Å². The van der Waals surface area contributed by atoms with Crippen molar-refractivity contribution in [1.82, 2.24) is 15.6 Å². The molecule has 4 aliphatic rings. The molecule has 0 saturated heterocycles. The molecule has 2 amide bonds. The molecule has 4 aliphatic carbocycles. The Balaban J connectivity index is 1.19. The summed E-state index contributed by atoms with van der Waals surface area (Å²) < 4.78 is 26.9. The van der Waals surface area contributed by atoms with E-state index in [1.165, 1.54) is 31.4 Å². The average Bonchev–Trinajstić information content (AvgIpc) is 2.65. The van der Waals surface area contributed by atoms with Crippen LogP contribution in [0.1, 0.15) is 56.9 Å². The zero-order valence-electron chi connectivity index (χ0n) is 17.4. The van der Waals surface area contributed by atoms with Crippen molar-refractivity contribution < 1.29 is 18.0 Å². The van der Waals surface area contributed by atoms with E-state index in [0.29, 0.717) is 6.42 Å². The molecule has 30 heavy (non-hydrogen) atoms. The molecular weight excluding hydrogens is 402 g/mol. The van der Waals surface area contributed by atoms with Crippen molar-refractivity contribution in [1.29, 1.82) is 0 Å². The third-order valence-corrected chi connectivity index (χ3v) is 8.49. The van der Waals surface area contributed by atoms with Crippen LogP contribution in [0, 0.1) is 30.1 Å². The van der Waals surface area contributed by atoms with E-state index in [4.69, 9.17) is 0 Å². The van der Waals surface area contributed by atoms with Crippen LogP contribution in [0.2, 0.25) is 0 Å². The number of carbonyl (C=O) groups excluding carboxylic acids is 2. The lowest BCUT2D eigenvalue weighted by Crippen LogP contribution is -2.50. The number of rotatable bonds is 7. The van der Waals surface area contributed by atoms with Gasteiger partial charge >= 0.3 is 0 Å². The zero-order valence-corrected chi connectivity index (χ0v) is 18.3. The first-order valence-electron chi connectivity index (χ1n) is 10.9. The number of aryl methyl sites for hydroxylation is 1. The fourth-order valence-electron chi connectivity index (χ4n) is 6.19. The van der Waals surface area contributed by atoms with Crippen molar-refractivity contribution in [3.05, 3.63) is 29.8 Å². The number of nitrogens with one attached hydrogen (secondary N) is 3. The molecule has 0 atom stereocenters. The normalized spacial score (nSPS) is 29.6. The Morgan fingerprint density at radius 3 is 2.03 bits per heavy atom. The smallest absolute Gasteiger partial charge is 0.240 e. The lowest BCUT2D eigenvalue weighted by molar-refractivity contribution is -0.134. The molecule has 0 aliphatic heterocycles. The highest BCUT2D eigenvalue weighted by Gasteiger charge is 2.51. The van der Waals surface area contributed by atoms with Crippen LogP contribution in [0.15, 0.2) is 29.2 Å². The van der Waals surface area contributed by atoms with Gasteiger partial charge in [-0.2, -0.15) is 0 Å². The SMILES string of the molecule is Cc1ccc(S(=O)(=O)NCCC(=O)NNC(=O)CC23CC4CC(CC(C4)C2)C3)cc1. The van der Waals surface area contributed by atoms with Gasteiger partial charge in [0.15, 0.2) is 0 Å². The molecule has 4 bridgehead atoms. The van der Waals surface area contributed by atoms with Crippen molar-refractivity contribution in [2.75, 3.05) is 6.54 Å². The number of sulfonamides is 1. The first kappa shape index (κ1) is 21.3. The molecular formula is C22H31N3O4S. The monoisotopic (exact) mass is 433 g/mol. The lowest BCUT2D eigenvalue weighted by Gasteiger charge is -2.56. The summed E-state index contributed by atoms with van der Waals surface area (Å²) in [6.45, 7) is 1.85. The first-order chi connectivity index (χ1) is 14.2. The third kappa shape index (κ3) is 4.86. The summed E-state index contributed by atoms with van der Waals surface area (Å²) in [7, 11) is -3.65. The molecule has 3 N–H and O–H groups in total. The average molecular weight is 434 g/mol. The molecule has 0 radical (unpaired) electrons. The fourth-order valence-corrected chi connectivity index (χ4v) is 7.22. The van der Waals surface area contributed by atoms with Gasteiger partial charge in [-0.15, -0.1) is 0 Å². The maximum absolute atomic E-state index is 12.4. The molecule has 1 aromatic carbocycles. The number of benzene rings is 1. The van der Waals surface area contributed by atoms with Gasteiger partial charge in [-0.25, -0.2) is 13.1 Å². The Bertz CT molecular complexity index is 876. The van der Waals surface area contributed by atoms with E-state index in [2.05, 4.69) is 15.6 Å². The minimum Gasteiger partial charge on any atom is -0.273 e. The predicted molar refractivity (Wildman–Crippen MR) is 112 cm³/mol. The predicted octanol–water partition coefficient (Wildman–Crippen LogP) is 2.42. The van der Waals surface area contributed by atoms with Gasteiger partial charge < -0.3 is 0 Å². The second kappa shape index (κ2) is 8.30. The Morgan fingerprint density at radius 1 is 0.933 bits per heavy atom.